The zero-order valence-electron chi connectivity index (χ0n) is 33.8. The van der Waals surface area contributed by atoms with Crippen LogP contribution < -0.4 is 11.1 Å². The average molecular weight is 755 g/mol. The molecule has 0 aromatic rings. The van der Waals surface area contributed by atoms with Crippen LogP contribution in [0.15, 0.2) is 36.5 Å². The second-order valence-electron chi connectivity index (χ2n) is 14.5. The molecular weight excluding hydrogens is 671 g/mol. The van der Waals surface area contributed by atoms with E-state index in [0.29, 0.717) is 6.42 Å². The van der Waals surface area contributed by atoms with Gasteiger partial charge in [-0.3, -0.25) is 13.8 Å². The molecule has 0 fully saturated rings. The molecule has 0 rings (SSSR count). The van der Waals surface area contributed by atoms with Crippen LogP contribution in [0, 0.1) is 0 Å². The van der Waals surface area contributed by atoms with Gasteiger partial charge in [0.25, 0.3) is 0 Å². The SMILES string of the molecule is CCCCCCCCCC/C=C/CC/C=C/CC/C=C/C(O)C(COP(=O)(O)OCCN)NC(=O)CCCCCCCCCCCCCCCCC. The van der Waals surface area contributed by atoms with Gasteiger partial charge in [-0.1, -0.05) is 185 Å². The predicted octanol–water partition coefficient (Wildman–Crippen LogP) is 11.9. The van der Waals surface area contributed by atoms with Crippen molar-refractivity contribution in [3.8, 4) is 0 Å². The molecule has 8 nitrogen and oxygen atoms in total. The molecule has 52 heavy (non-hydrogen) atoms. The smallest absolute Gasteiger partial charge is 0.387 e. The molecule has 0 spiro atoms. The molecule has 306 valence electrons. The third-order valence-electron chi connectivity index (χ3n) is 9.45. The highest BCUT2D eigenvalue weighted by molar-refractivity contribution is 7.47. The summed E-state index contributed by atoms with van der Waals surface area (Å²) in [6, 6.07) is -0.879. The van der Waals surface area contributed by atoms with Gasteiger partial charge in [-0.2, -0.15) is 0 Å². The van der Waals surface area contributed by atoms with E-state index >= 15 is 0 Å². The molecule has 0 aromatic heterocycles. The Balaban J connectivity index is 4.30. The number of amides is 1. The number of hydrogen-bond acceptors (Lipinski definition) is 6. The van der Waals surface area contributed by atoms with Gasteiger partial charge in [0.2, 0.25) is 5.91 Å². The number of aliphatic hydroxyl groups is 1. The quantitative estimate of drug-likeness (QED) is 0.0278. The van der Waals surface area contributed by atoms with Gasteiger partial charge in [0.15, 0.2) is 0 Å². The van der Waals surface area contributed by atoms with Crippen molar-refractivity contribution in [3.63, 3.8) is 0 Å². The van der Waals surface area contributed by atoms with Gasteiger partial charge in [0.05, 0.1) is 25.4 Å². The Bertz CT molecular complexity index is 912. The number of unbranched alkanes of at least 4 members (excludes halogenated alkanes) is 24. The lowest BCUT2D eigenvalue weighted by Gasteiger charge is -2.23. The highest BCUT2D eigenvalue weighted by atomic mass is 31.2. The fraction of sp³-hybridized carbons (Fsp3) is 0.837. The second kappa shape index (κ2) is 39.4. The first-order valence-corrected chi connectivity index (χ1v) is 23.1. The zero-order chi connectivity index (χ0) is 38.2. The molecule has 0 radical (unpaired) electrons. The number of nitrogens with one attached hydrogen (secondary N) is 1. The molecule has 0 aromatic carbocycles. The number of aliphatic hydroxyl groups excluding tert-OH is 1. The fourth-order valence-electron chi connectivity index (χ4n) is 6.16. The fourth-order valence-corrected chi connectivity index (χ4v) is 6.92. The highest BCUT2D eigenvalue weighted by Gasteiger charge is 2.26. The lowest BCUT2D eigenvalue weighted by atomic mass is 10.0. The molecule has 0 aliphatic heterocycles. The van der Waals surface area contributed by atoms with E-state index in [1.165, 1.54) is 135 Å². The number of carbonyl (C=O) groups excluding carboxylic acids is 1. The molecule has 0 heterocycles. The maximum absolute atomic E-state index is 12.7. The summed E-state index contributed by atoms with van der Waals surface area (Å²) < 4.78 is 22.1. The van der Waals surface area contributed by atoms with E-state index in [2.05, 4.69) is 43.5 Å². The number of allylic oxidation sites excluding steroid dienone is 5. The van der Waals surface area contributed by atoms with Crippen LogP contribution >= 0.6 is 7.82 Å². The van der Waals surface area contributed by atoms with Crippen molar-refractivity contribution in [2.75, 3.05) is 19.8 Å². The topological polar surface area (TPSA) is 131 Å². The van der Waals surface area contributed by atoms with E-state index in [-0.39, 0.29) is 25.7 Å². The first-order chi connectivity index (χ1) is 25.4. The van der Waals surface area contributed by atoms with Crippen molar-refractivity contribution in [2.24, 2.45) is 5.73 Å². The lowest BCUT2D eigenvalue weighted by molar-refractivity contribution is -0.123. The molecule has 1 amide bonds. The molecule has 0 aliphatic rings. The largest absolute Gasteiger partial charge is 0.472 e. The van der Waals surface area contributed by atoms with E-state index in [9.17, 15) is 19.4 Å². The van der Waals surface area contributed by atoms with Crippen LogP contribution in [0.3, 0.4) is 0 Å². The Labute approximate surface area is 320 Å². The summed E-state index contributed by atoms with van der Waals surface area (Å²) in [5.74, 6) is -0.207. The Morgan fingerprint density at radius 1 is 0.615 bits per heavy atom. The Kier molecular flexibility index (Phi) is 38.4. The van der Waals surface area contributed by atoms with E-state index in [4.69, 9.17) is 14.8 Å². The average Bonchev–Trinajstić information content (AvgIpc) is 3.13. The first-order valence-electron chi connectivity index (χ1n) is 21.6. The van der Waals surface area contributed by atoms with Gasteiger partial charge < -0.3 is 21.1 Å². The van der Waals surface area contributed by atoms with Gasteiger partial charge in [-0.05, 0) is 44.9 Å². The monoisotopic (exact) mass is 755 g/mol. The Morgan fingerprint density at radius 2 is 1.02 bits per heavy atom. The van der Waals surface area contributed by atoms with Gasteiger partial charge in [0.1, 0.15) is 0 Å². The number of nitrogens with two attached hydrogens (primary N) is 1. The summed E-state index contributed by atoms with van der Waals surface area (Å²) in [5.41, 5.74) is 5.37. The van der Waals surface area contributed by atoms with Crippen LogP contribution in [-0.4, -0.2) is 47.8 Å². The minimum absolute atomic E-state index is 0.0726. The van der Waals surface area contributed by atoms with Crippen molar-refractivity contribution in [1.29, 1.82) is 0 Å². The predicted molar refractivity (Wildman–Crippen MR) is 221 cm³/mol. The van der Waals surface area contributed by atoms with Gasteiger partial charge >= 0.3 is 7.82 Å². The van der Waals surface area contributed by atoms with Crippen LogP contribution in [0.5, 0.6) is 0 Å². The molecule has 3 unspecified atom stereocenters. The third kappa shape index (κ3) is 37.1. The Morgan fingerprint density at radius 3 is 1.48 bits per heavy atom. The molecule has 0 bridgehead atoms. The number of carbonyl (C=O) groups is 1. The molecule has 3 atom stereocenters. The zero-order valence-corrected chi connectivity index (χ0v) is 34.7. The van der Waals surface area contributed by atoms with Crippen molar-refractivity contribution < 1.29 is 28.4 Å². The standard InChI is InChI=1S/C43H83N2O6P/c1-3-5-7-9-11-13-15-17-19-20-21-23-24-26-28-30-32-34-36-42(46)41(40-51-52(48,49)50-39-38-44)45-43(47)37-35-33-31-29-27-25-22-18-16-14-12-10-8-6-4-2/h20-21,26,28,34,36,41-42,46H,3-19,22-25,27,29-33,35,37-40,44H2,1-2H3,(H,45,47)(H,48,49)/b21-20+,28-26+,36-34+. The van der Waals surface area contributed by atoms with E-state index in [1.807, 2.05) is 6.08 Å². The van der Waals surface area contributed by atoms with E-state index in [1.54, 1.807) is 6.08 Å². The summed E-state index contributed by atoms with van der Waals surface area (Å²) in [7, 11) is -4.35. The highest BCUT2D eigenvalue weighted by Crippen LogP contribution is 2.43. The lowest BCUT2D eigenvalue weighted by Crippen LogP contribution is -2.45. The normalized spacial score (nSPS) is 14.5. The maximum atomic E-state index is 12.7. The summed E-state index contributed by atoms with van der Waals surface area (Å²) in [4.78, 5) is 22.7. The van der Waals surface area contributed by atoms with Crippen molar-refractivity contribution in [2.45, 2.75) is 212 Å². The molecular formula is C43H83N2O6P. The molecule has 5 N–H and O–H groups in total. The summed E-state index contributed by atoms with van der Waals surface area (Å²) in [5, 5.41) is 13.6. The van der Waals surface area contributed by atoms with Crippen LogP contribution in [-0.2, 0) is 18.4 Å². The van der Waals surface area contributed by atoms with Crippen molar-refractivity contribution >= 4 is 13.7 Å². The summed E-state index contributed by atoms with van der Waals surface area (Å²) in [6.07, 6.45) is 46.2. The number of rotatable bonds is 40. The molecule has 9 heteroatoms. The van der Waals surface area contributed by atoms with Gasteiger partial charge in [-0.15, -0.1) is 0 Å². The van der Waals surface area contributed by atoms with Crippen molar-refractivity contribution in [1.82, 2.24) is 5.32 Å². The third-order valence-corrected chi connectivity index (χ3v) is 10.4. The number of hydrogen-bond donors (Lipinski definition) is 4. The van der Waals surface area contributed by atoms with Crippen molar-refractivity contribution in [3.05, 3.63) is 36.5 Å². The summed E-state index contributed by atoms with van der Waals surface area (Å²) in [6.45, 7) is 4.11. The van der Waals surface area contributed by atoms with Gasteiger partial charge in [0, 0.05) is 13.0 Å². The molecule has 0 saturated heterocycles. The van der Waals surface area contributed by atoms with E-state index < -0.39 is 20.0 Å². The van der Waals surface area contributed by atoms with Crippen LogP contribution in [0.1, 0.15) is 200 Å². The molecule has 0 saturated carbocycles. The maximum Gasteiger partial charge on any atom is 0.472 e. The van der Waals surface area contributed by atoms with Crippen LogP contribution in [0.2, 0.25) is 0 Å². The molecule has 0 aliphatic carbocycles. The minimum atomic E-state index is -4.35. The Hall–Kier alpha value is -1.28. The summed E-state index contributed by atoms with van der Waals surface area (Å²) >= 11 is 0. The number of phosphoric acid groups is 1. The van der Waals surface area contributed by atoms with E-state index in [0.717, 1.165) is 44.9 Å². The van der Waals surface area contributed by atoms with Gasteiger partial charge in [-0.25, -0.2) is 4.57 Å². The second-order valence-corrected chi connectivity index (χ2v) is 16.0. The van der Waals surface area contributed by atoms with Crippen LogP contribution in [0.25, 0.3) is 0 Å². The minimum Gasteiger partial charge on any atom is -0.387 e. The number of phosphoric ester groups is 1. The van der Waals surface area contributed by atoms with Crippen LogP contribution in [0.4, 0.5) is 0 Å². The first kappa shape index (κ1) is 50.7.